The Labute approximate surface area is 299 Å². The van der Waals surface area contributed by atoms with E-state index in [4.69, 9.17) is 4.74 Å². The standard InChI is InChI=1S/C44H57NO.C3H8/c1-32-25-26-41-40(29-32)34(3)42(45(41)8)39-24-16-13-21-36(39)31-44(7,27-17-9-10-18-28-46-43(4,5)6)30-35-20-12-15-23-38(35)37-22-14-11-19-33(37)2;1-3-2/h11-14,16,19-22,24-26,29H,9-10,15,17-18,23,27-28,30-31H2,1-8H3;3H2,1-2H3. The number of aryl methyl sites for hydroxylation is 4. The van der Waals surface area contributed by atoms with Gasteiger partial charge in [0.05, 0.1) is 11.3 Å². The van der Waals surface area contributed by atoms with Crippen molar-refractivity contribution < 1.29 is 4.74 Å². The minimum absolute atomic E-state index is 0.0522. The first-order valence-electron chi connectivity index (χ1n) is 19.1. The molecule has 1 aromatic heterocycles. The molecule has 0 aliphatic heterocycles. The molecule has 0 bridgehead atoms. The molecule has 0 saturated carbocycles. The van der Waals surface area contributed by atoms with E-state index in [2.05, 4.69) is 153 Å². The highest BCUT2D eigenvalue weighted by molar-refractivity contribution is 5.92. The molecule has 3 aromatic carbocycles. The summed E-state index contributed by atoms with van der Waals surface area (Å²) in [6.07, 6.45) is 16.6. The number of nitrogens with zero attached hydrogens (tertiary/aromatic N) is 1. The van der Waals surface area contributed by atoms with Gasteiger partial charge in [0.25, 0.3) is 0 Å². The van der Waals surface area contributed by atoms with Gasteiger partial charge in [0.1, 0.15) is 0 Å². The van der Waals surface area contributed by atoms with Crippen LogP contribution in [0.1, 0.15) is 127 Å². The zero-order chi connectivity index (χ0) is 35.6. The lowest BCUT2D eigenvalue weighted by Crippen LogP contribution is -2.22. The fourth-order valence-electron chi connectivity index (χ4n) is 7.67. The number of hydrogen-bond donors (Lipinski definition) is 0. The van der Waals surface area contributed by atoms with E-state index in [1.807, 2.05) is 0 Å². The third-order valence-electron chi connectivity index (χ3n) is 10.1. The minimum Gasteiger partial charge on any atom is -0.376 e. The van der Waals surface area contributed by atoms with Gasteiger partial charge in [-0.3, -0.25) is 0 Å². The molecule has 2 nitrogen and oxygen atoms in total. The van der Waals surface area contributed by atoms with E-state index >= 15 is 0 Å². The largest absolute Gasteiger partial charge is 0.376 e. The first-order chi connectivity index (χ1) is 23.4. The molecule has 1 aliphatic rings. The normalized spacial score (nSPS) is 14.6. The lowest BCUT2D eigenvalue weighted by Gasteiger charge is -2.33. The zero-order valence-electron chi connectivity index (χ0n) is 32.6. The third-order valence-corrected chi connectivity index (χ3v) is 10.1. The summed E-state index contributed by atoms with van der Waals surface area (Å²) in [6.45, 7) is 20.9. The van der Waals surface area contributed by atoms with Crippen molar-refractivity contribution in [1.29, 1.82) is 0 Å². The molecule has 0 spiro atoms. The molecule has 1 unspecified atom stereocenters. The number of unbranched alkanes of at least 4 members (excludes halogenated alkanes) is 3. The Balaban J connectivity index is 0.00000174. The Bertz CT molecular complexity index is 1720. The van der Waals surface area contributed by atoms with E-state index in [1.165, 1.54) is 87.7 Å². The topological polar surface area (TPSA) is 14.2 Å². The zero-order valence-corrected chi connectivity index (χ0v) is 32.6. The van der Waals surface area contributed by atoms with Crippen LogP contribution in [0.25, 0.3) is 27.7 Å². The molecule has 0 saturated heterocycles. The van der Waals surface area contributed by atoms with Gasteiger partial charge in [-0.15, -0.1) is 0 Å². The maximum Gasteiger partial charge on any atom is 0.0598 e. The van der Waals surface area contributed by atoms with E-state index in [0.717, 1.165) is 38.7 Å². The summed E-state index contributed by atoms with van der Waals surface area (Å²) in [5.41, 5.74) is 14.2. The van der Waals surface area contributed by atoms with Crippen LogP contribution in [0, 0.1) is 26.2 Å². The first kappa shape index (κ1) is 38.4. The fourth-order valence-corrected chi connectivity index (χ4v) is 7.67. The Morgan fingerprint density at radius 1 is 0.776 bits per heavy atom. The molecule has 49 heavy (non-hydrogen) atoms. The van der Waals surface area contributed by atoms with E-state index in [9.17, 15) is 0 Å². The number of ether oxygens (including phenoxy) is 1. The molecule has 1 atom stereocenters. The van der Waals surface area contributed by atoms with Crippen molar-refractivity contribution in [2.45, 2.75) is 132 Å². The highest BCUT2D eigenvalue weighted by Gasteiger charge is 2.29. The van der Waals surface area contributed by atoms with Gasteiger partial charge in [-0.25, -0.2) is 0 Å². The molecule has 2 heteroatoms. The number of hydrogen-bond acceptors (Lipinski definition) is 1. The van der Waals surface area contributed by atoms with Gasteiger partial charge >= 0.3 is 0 Å². The second-order valence-electron chi connectivity index (χ2n) is 16.0. The van der Waals surface area contributed by atoms with E-state index in [-0.39, 0.29) is 11.0 Å². The number of benzene rings is 3. The van der Waals surface area contributed by atoms with Crippen LogP contribution >= 0.6 is 0 Å². The highest BCUT2D eigenvalue weighted by atomic mass is 16.5. The number of rotatable bonds is 13. The van der Waals surface area contributed by atoms with E-state index < -0.39 is 0 Å². The van der Waals surface area contributed by atoms with Gasteiger partial charge < -0.3 is 9.30 Å². The van der Waals surface area contributed by atoms with Gasteiger partial charge in [0.15, 0.2) is 0 Å². The maximum atomic E-state index is 6.01. The lowest BCUT2D eigenvalue weighted by atomic mass is 9.71. The van der Waals surface area contributed by atoms with Crippen LogP contribution < -0.4 is 0 Å². The van der Waals surface area contributed by atoms with Gasteiger partial charge in [-0.1, -0.05) is 119 Å². The maximum absolute atomic E-state index is 6.01. The molecule has 4 aromatic rings. The van der Waals surface area contributed by atoms with Crippen molar-refractivity contribution in [3.05, 3.63) is 112 Å². The van der Waals surface area contributed by atoms with Crippen LogP contribution in [0.3, 0.4) is 0 Å². The van der Waals surface area contributed by atoms with Gasteiger partial charge in [-0.05, 0) is 131 Å². The molecule has 1 heterocycles. The molecule has 0 N–H and O–H groups in total. The highest BCUT2D eigenvalue weighted by Crippen LogP contribution is 2.44. The average molecular weight is 660 g/mol. The Kier molecular flexibility index (Phi) is 13.8. The van der Waals surface area contributed by atoms with Crippen molar-refractivity contribution in [2.24, 2.45) is 12.5 Å². The number of allylic oxidation sites excluding steroid dienone is 4. The van der Waals surface area contributed by atoms with Crippen molar-refractivity contribution >= 4 is 16.5 Å². The second-order valence-corrected chi connectivity index (χ2v) is 16.0. The summed E-state index contributed by atoms with van der Waals surface area (Å²) in [5.74, 6) is 0. The minimum atomic E-state index is -0.0522. The molecule has 264 valence electrons. The SMILES string of the molecule is CCC.Cc1ccc2c(c1)c(C)c(-c1ccccc1CC(C)(CCCCCCOC(C)(C)C)CC1=C(c3ccccc3C)CCC=C1)n2C. The molecular weight excluding hydrogens is 595 g/mol. The van der Waals surface area contributed by atoms with Crippen molar-refractivity contribution in [2.75, 3.05) is 6.61 Å². The van der Waals surface area contributed by atoms with Crippen LogP contribution in [0.5, 0.6) is 0 Å². The van der Waals surface area contributed by atoms with E-state index in [1.54, 1.807) is 5.57 Å². The predicted octanol–water partition coefficient (Wildman–Crippen LogP) is 13.7. The summed E-state index contributed by atoms with van der Waals surface area (Å²) in [6, 6.07) is 25.1. The smallest absolute Gasteiger partial charge is 0.0598 e. The number of fused-ring (bicyclic) bond motifs is 1. The lowest BCUT2D eigenvalue weighted by molar-refractivity contribution is -0.00479. The predicted molar refractivity (Wildman–Crippen MR) is 215 cm³/mol. The molecule has 5 rings (SSSR count). The van der Waals surface area contributed by atoms with Crippen molar-refractivity contribution in [3.63, 3.8) is 0 Å². The Hall–Kier alpha value is -3.36. The monoisotopic (exact) mass is 660 g/mol. The van der Waals surface area contributed by atoms with Crippen LogP contribution in [-0.2, 0) is 18.2 Å². The molecule has 0 fully saturated rings. The van der Waals surface area contributed by atoms with Gasteiger partial charge in [0.2, 0.25) is 0 Å². The summed E-state index contributed by atoms with van der Waals surface area (Å²) in [5, 5.41) is 1.37. The quantitative estimate of drug-likeness (QED) is 0.130. The first-order valence-corrected chi connectivity index (χ1v) is 19.1. The Morgan fingerprint density at radius 3 is 2.16 bits per heavy atom. The molecule has 0 amide bonds. The molecule has 1 aliphatic carbocycles. The third kappa shape index (κ3) is 10.3. The number of aromatic nitrogens is 1. The summed E-state index contributed by atoms with van der Waals surface area (Å²) in [4.78, 5) is 0. The van der Waals surface area contributed by atoms with Gasteiger partial charge in [0, 0.05) is 30.1 Å². The molecular formula is C47H65NO. The van der Waals surface area contributed by atoms with Crippen LogP contribution in [0.2, 0.25) is 0 Å². The Morgan fingerprint density at radius 2 is 1.45 bits per heavy atom. The van der Waals surface area contributed by atoms with Crippen LogP contribution in [-0.4, -0.2) is 16.8 Å². The van der Waals surface area contributed by atoms with Crippen LogP contribution in [0.4, 0.5) is 0 Å². The molecule has 0 radical (unpaired) electrons. The van der Waals surface area contributed by atoms with E-state index in [0.29, 0.717) is 0 Å². The average Bonchev–Trinajstić information content (AvgIpc) is 3.29. The van der Waals surface area contributed by atoms with Gasteiger partial charge in [-0.2, -0.15) is 0 Å². The second kappa shape index (κ2) is 17.5. The van der Waals surface area contributed by atoms with Crippen molar-refractivity contribution in [1.82, 2.24) is 4.57 Å². The summed E-state index contributed by atoms with van der Waals surface area (Å²) in [7, 11) is 2.24. The van der Waals surface area contributed by atoms with Crippen molar-refractivity contribution in [3.8, 4) is 11.3 Å². The fraction of sp³-hybridized carbons (Fsp3) is 0.489. The summed E-state index contributed by atoms with van der Waals surface area (Å²) < 4.78 is 8.43. The van der Waals surface area contributed by atoms with Crippen LogP contribution in [0.15, 0.2) is 84.5 Å². The summed E-state index contributed by atoms with van der Waals surface area (Å²) >= 11 is 0.